The van der Waals surface area contributed by atoms with Crippen molar-refractivity contribution in [2.75, 3.05) is 0 Å². The molecule has 3 heteroatoms. The van der Waals surface area contributed by atoms with Crippen molar-refractivity contribution in [2.24, 2.45) is 16.7 Å². The Morgan fingerprint density at radius 2 is 1.50 bits per heavy atom. The fourth-order valence-corrected chi connectivity index (χ4v) is 6.10. The van der Waals surface area contributed by atoms with Crippen molar-refractivity contribution in [3.05, 3.63) is 32.2 Å². The predicted octanol–water partition coefficient (Wildman–Crippen LogP) is 6.64. The van der Waals surface area contributed by atoms with E-state index in [1.807, 2.05) is 0 Å². The van der Waals surface area contributed by atoms with E-state index >= 15 is 0 Å². The molecular weight excluding hydrogens is 420 g/mol. The van der Waals surface area contributed by atoms with Gasteiger partial charge in [0.2, 0.25) is 0 Å². The summed E-state index contributed by atoms with van der Waals surface area (Å²) in [5.74, 6) is 0.663. The molecule has 2 rings (SSSR count). The summed E-state index contributed by atoms with van der Waals surface area (Å²) in [4.78, 5) is 0.397. The molecule has 0 bridgehead atoms. The lowest BCUT2D eigenvalue weighted by atomic mass is 10.0. The molecule has 1 saturated carbocycles. The van der Waals surface area contributed by atoms with Crippen LogP contribution in [0.25, 0.3) is 0 Å². The third-order valence-corrected chi connectivity index (χ3v) is 7.56. The van der Waals surface area contributed by atoms with E-state index < -0.39 is 0 Å². The number of hydrogen-bond acceptors (Lipinski definition) is 0. The average molecular weight is 439 g/mol. The van der Waals surface area contributed by atoms with Gasteiger partial charge in [-0.3, -0.25) is 0 Å². The monoisotopic (exact) mass is 436 g/mol. The maximum Gasteiger partial charge on any atom is 0.0445 e. The lowest BCUT2D eigenvalue weighted by molar-refractivity contribution is 0.457. The van der Waals surface area contributed by atoms with Crippen LogP contribution in [0.3, 0.4) is 0 Å². The molecule has 1 aromatic carbocycles. The van der Waals surface area contributed by atoms with Gasteiger partial charge in [0.25, 0.3) is 0 Å². The highest BCUT2D eigenvalue weighted by atomic mass is 79.9. The second-order valence-electron chi connectivity index (χ2n) is 6.45. The van der Waals surface area contributed by atoms with Gasteiger partial charge in [-0.2, -0.15) is 0 Å². The van der Waals surface area contributed by atoms with Gasteiger partial charge in [-0.05, 0) is 46.9 Å². The van der Waals surface area contributed by atoms with Gasteiger partial charge >= 0.3 is 0 Å². The third-order valence-electron chi connectivity index (χ3n) is 5.00. The molecule has 0 heterocycles. The number of alkyl halides is 1. The Labute approximate surface area is 135 Å². The van der Waals surface area contributed by atoms with E-state index in [1.54, 1.807) is 0 Å². The van der Waals surface area contributed by atoms with Crippen LogP contribution < -0.4 is 0 Å². The Bertz CT molecular complexity index is 475. The minimum atomic E-state index is 0.387. The Hall–Kier alpha value is 0.660. The summed E-state index contributed by atoms with van der Waals surface area (Å²) in [6.45, 7) is 11.6. The van der Waals surface area contributed by atoms with Crippen LogP contribution in [-0.2, 0) is 0 Å². The van der Waals surface area contributed by atoms with E-state index in [1.165, 1.54) is 20.1 Å². The number of rotatable bonds is 2. The Balaban J connectivity index is 2.37. The number of benzene rings is 1. The Morgan fingerprint density at radius 1 is 1.00 bits per heavy atom. The number of aryl methyl sites for hydroxylation is 1. The molecule has 1 fully saturated rings. The summed E-state index contributed by atoms with van der Waals surface area (Å²) in [5, 5.41) is 0. The molecule has 1 aliphatic carbocycles. The summed E-state index contributed by atoms with van der Waals surface area (Å²) < 4.78 is 2.38. The minimum absolute atomic E-state index is 0.387. The fourth-order valence-electron chi connectivity index (χ4n) is 3.03. The molecule has 0 saturated heterocycles. The van der Waals surface area contributed by atoms with Crippen molar-refractivity contribution in [1.82, 2.24) is 0 Å². The lowest BCUT2D eigenvalue weighted by Crippen LogP contribution is -2.01. The first-order valence-corrected chi connectivity index (χ1v) is 8.70. The van der Waals surface area contributed by atoms with E-state index in [4.69, 9.17) is 0 Å². The van der Waals surface area contributed by atoms with Crippen molar-refractivity contribution in [3.8, 4) is 0 Å². The molecule has 0 spiro atoms. The van der Waals surface area contributed by atoms with Crippen molar-refractivity contribution in [3.63, 3.8) is 0 Å². The van der Waals surface area contributed by atoms with Crippen LogP contribution in [0.5, 0.6) is 0 Å². The quantitative estimate of drug-likeness (QED) is 0.454. The third kappa shape index (κ3) is 2.14. The molecule has 1 aromatic rings. The standard InChI is InChI=1S/C15H19Br3/c1-8-6-11(17)9(7-10(8)16)12(18)13-14(2,3)15(13,4)5/h6-7,12-13H,1-5H3. The van der Waals surface area contributed by atoms with Gasteiger partial charge < -0.3 is 0 Å². The minimum Gasteiger partial charge on any atom is -0.0835 e. The summed E-state index contributed by atoms with van der Waals surface area (Å²) in [5.41, 5.74) is 3.38. The van der Waals surface area contributed by atoms with Crippen LogP contribution in [0, 0.1) is 23.7 Å². The van der Waals surface area contributed by atoms with Gasteiger partial charge in [0.15, 0.2) is 0 Å². The molecule has 1 aliphatic rings. The van der Waals surface area contributed by atoms with Crippen molar-refractivity contribution in [2.45, 2.75) is 39.4 Å². The molecule has 0 radical (unpaired) electrons. The fraction of sp³-hybridized carbons (Fsp3) is 0.600. The lowest BCUT2D eigenvalue weighted by Gasteiger charge is -2.16. The van der Waals surface area contributed by atoms with Crippen LogP contribution in [-0.4, -0.2) is 0 Å². The van der Waals surface area contributed by atoms with E-state index in [0.717, 1.165) is 0 Å². The topological polar surface area (TPSA) is 0 Å². The van der Waals surface area contributed by atoms with E-state index in [-0.39, 0.29) is 0 Å². The highest BCUT2D eigenvalue weighted by molar-refractivity contribution is 9.11. The average Bonchev–Trinajstić information content (AvgIpc) is 2.62. The molecule has 0 nitrogen and oxygen atoms in total. The van der Waals surface area contributed by atoms with Crippen LogP contribution >= 0.6 is 47.8 Å². The number of halogens is 3. The first-order chi connectivity index (χ1) is 8.10. The zero-order valence-corrected chi connectivity index (χ0v) is 16.2. The van der Waals surface area contributed by atoms with Crippen LogP contribution in [0.15, 0.2) is 21.1 Å². The SMILES string of the molecule is Cc1cc(Br)c(C(Br)C2C(C)(C)C2(C)C)cc1Br. The van der Waals surface area contributed by atoms with Crippen LogP contribution in [0.4, 0.5) is 0 Å². The molecule has 18 heavy (non-hydrogen) atoms. The van der Waals surface area contributed by atoms with Gasteiger partial charge in [0.1, 0.15) is 0 Å². The second kappa shape index (κ2) is 4.60. The highest BCUT2D eigenvalue weighted by Gasteiger charge is 2.67. The Morgan fingerprint density at radius 3 is 1.94 bits per heavy atom. The van der Waals surface area contributed by atoms with Gasteiger partial charge in [-0.15, -0.1) is 0 Å². The van der Waals surface area contributed by atoms with Crippen LogP contribution in [0.2, 0.25) is 0 Å². The second-order valence-corrected chi connectivity index (χ2v) is 9.14. The first kappa shape index (κ1) is 15.1. The maximum absolute atomic E-state index is 3.92. The van der Waals surface area contributed by atoms with Crippen molar-refractivity contribution >= 4 is 47.8 Å². The number of hydrogen-bond donors (Lipinski definition) is 0. The maximum atomic E-state index is 3.92. The smallest absolute Gasteiger partial charge is 0.0445 e. The summed E-state index contributed by atoms with van der Waals surface area (Å²) >= 11 is 11.3. The molecule has 1 unspecified atom stereocenters. The predicted molar refractivity (Wildman–Crippen MR) is 89.3 cm³/mol. The highest BCUT2D eigenvalue weighted by Crippen LogP contribution is 2.74. The first-order valence-electron chi connectivity index (χ1n) is 6.20. The van der Waals surface area contributed by atoms with Crippen LogP contribution in [0.1, 0.15) is 43.6 Å². The van der Waals surface area contributed by atoms with E-state index in [2.05, 4.69) is 94.5 Å². The van der Waals surface area contributed by atoms with Gasteiger partial charge in [-0.25, -0.2) is 0 Å². The van der Waals surface area contributed by atoms with E-state index in [9.17, 15) is 0 Å². The zero-order chi connectivity index (χ0) is 13.9. The van der Waals surface area contributed by atoms with Gasteiger partial charge in [0.05, 0.1) is 0 Å². The van der Waals surface area contributed by atoms with E-state index in [0.29, 0.717) is 21.6 Å². The molecular formula is C15H19Br3. The molecule has 0 aliphatic heterocycles. The largest absolute Gasteiger partial charge is 0.0835 e. The zero-order valence-electron chi connectivity index (χ0n) is 11.4. The summed E-state index contributed by atoms with van der Waals surface area (Å²) in [6, 6.07) is 4.43. The molecule has 0 aromatic heterocycles. The van der Waals surface area contributed by atoms with Gasteiger partial charge in [0, 0.05) is 13.8 Å². The van der Waals surface area contributed by atoms with Gasteiger partial charge in [-0.1, -0.05) is 75.5 Å². The molecule has 1 atom stereocenters. The van der Waals surface area contributed by atoms with Crippen molar-refractivity contribution in [1.29, 1.82) is 0 Å². The molecule has 0 amide bonds. The summed E-state index contributed by atoms with van der Waals surface area (Å²) in [7, 11) is 0. The van der Waals surface area contributed by atoms with Crippen molar-refractivity contribution < 1.29 is 0 Å². The molecule has 100 valence electrons. The Kier molecular flexibility index (Phi) is 3.84. The normalized spacial score (nSPS) is 22.9. The summed E-state index contributed by atoms with van der Waals surface area (Å²) in [6.07, 6.45) is 0. The molecule has 0 N–H and O–H groups in total.